The van der Waals surface area contributed by atoms with E-state index < -0.39 is 4.92 Å². The molecule has 1 aromatic carbocycles. The second kappa shape index (κ2) is 5.84. The van der Waals surface area contributed by atoms with Crippen LogP contribution in [-0.2, 0) is 4.79 Å². The summed E-state index contributed by atoms with van der Waals surface area (Å²) in [7, 11) is 0. The molecule has 0 aliphatic carbocycles. The maximum atomic E-state index is 11.5. The van der Waals surface area contributed by atoms with E-state index in [1.807, 2.05) is 6.07 Å². The molecule has 0 spiro atoms. The van der Waals surface area contributed by atoms with E-state index in [9.17, 15) is 14.9 Å². The topological polar surface area (TPSA) is 102 Å². The number of nitrogens with zero attached hydrogens (tertiary/aromatic N) is 4. The van der Waals surface area contributed by atoms with E-state index in [-0.39, 0.29) is 17.2 Å². The van der Waals surface area contributed by atoms with Crippen molar-refractivity contribution in [2.24, 2.45) is 0 Å². The van der Waals surface area contributed by atoms with E-state index >= 15 is 0 Å². The van der Waals surface area contributed by atoms with Gasteiger partial charge in [-0.25, -0.2) is 9.50 Å². The minimum atomic E-state index is -0.517. The number of carbonyl (C=O) groups excluding carboxylic acids is 1. The third-order valence-electron chi connectivity index (χ3n) is 3.34. The molecule has 0 aliphatic heterocycles. The van der Waals surface area contributed by atoms with Crippen molar-refractivity contribution in [2.45, 2.75) is 13.3 Å². The molecule has 8 nitrogen and oxygen atoms in total. The van der Waals surface area contributed by atoms with Crippen molar-refractivity contribution in [3.63, 3.8) is 0 Å². The van der Waals surface area contributed by atoms with Crippen LogP contribution < -0.4 is 5.32 Å². The van der Waals surface area contributed by atoms with Gasteiger partial charge in [0.05, 0.1) is 10.6 Å². The molecule has 0 bridgehead atoms. The lowest BCUT2D eigenvalue weighted by Crippen LogP contribution is -2.09. The van der Waals surface area contributed by atoms with Crippen molar-refractivity contribution in [3.8, 4) is 11.3 Å². The molecule has 3 aromatic rings. The smallest absolute Gasteiger partial charge is 0.326 e. The SMILES string of the molecule is CCC(=O)Nc1cccc(-c2ccnc3c([N+](=O)[O-])cnn23)c1. The Bertz CT molecular complexity index is 903. The van der Waals surface area contributed by atoms with Gasteiger partial charge in [-0.3, -0.25) is 14.9 Å². The average molecular weight is 311 g/mol. The first-order valence-corrected chi connectivity index (χ1v) is 6.97. The van der Waals surface area contributed by atoms with Crippen LogP contribution in [0.15, 0.2) is 42.7 Å². The van der Waals surface area contributed by atoms with Crippen LogP contribution >= 0.6 is 0 Å². The summed E-state index contributed by atoms with van der Waals surface area (Å²) in [6.07, 6.45) is 3.06. The molecule has 0 unspecified atom stereocenters. The highest BCUT2D eigenvalue weighted by Gasteiger charge is 2.18. The molecule has 0 fully saturated rings. The van der Waals surface area contributed by atoms with Crippen molar-refractivity contribution in [2.75, 3.05) is 5.32 Å². The van der Waals surface area contributed by atoms with Crippen LogP contribution in [0.2, 0.25) is 0 Å². The summed E-state index contributed by atoms with van der Waals surface area (Å²) in [5, 5.41) is 17.8. The molecule has 0 radical (unpaired) electrons. The zero-order chi connectivity index (χ0) is 16.4. The van der Waals surface area contributed by atoms with Crippen LogP contribution in [0.5, 0.6) is 0 Å². The quantitative estimate of drug-likeness (QED) is 0.589. The molecule has 1 amide bonds. The normalized spacial score (nSPS) is 10.7. The van der Waals surface area contributed by atoms with Gasteiger partial charge in [0.15, 0.2) is 0 Å². The summed E-state index contributed by atoms with van der Waals surface area (Å²) in [5.41, 5.74) is 2.10. The number of hydrogen-bond acceptors (Lipinski definition) is 5. The second-order valence-electron chi connectivity index (χ2n) is 4.83. The molecular formula is C15H13N5O3. The lowest BCUT2D eigenvalue weighted by atomic mass is 10.1. The van der Waals surface area contributed by atoms with Crippen molar-refractivity contribution >= 4 is 22.9 Å². The van der Waals surface area contributed by atoms with Gasteiger partial charge >= 0.3 is 5.69 Å². The number of aromatic nitrogens is 3. The first-order valence-electron chi connectivity index (χ1n) is 6.97. The third-order valence-corrected chi connectivity index (χ3v) is 3.34. The summed E-state index contributed by atoms with van der Waals surface area (Å²) in [6, 6.07) is 8.91. The molecule has 0 aliphatic rings. The second-order valence-corrected chi connectivity index (χ2v) is 4.83. The Hall–Kier alpha value is -3.29. The van der Waals surface area contributed by atoms with Crippen LogP contribution in [0.4, 0.5) is 11.4 Å². The largest absolute Gasteiger partial charge is 0.333 e. The number of benzene rings is 1. The standard InChI is InChI=1S/C15H13N5O3/c1-2-14(21)18-11-5-3-4-10(8-11)12-6-7-16-15-13(20(22)23)9-17-19(12)15/h3-9H,2H2,1H3,(H,18,21). The minimum absolute atomic E-state index is 0.0863. The van der Waals surface area contributed by atoms with Gasteiger partial charge in [0, 0.05) is 23.9 Å². The van der Waals surface area contributed by atoms with Gasteiger partial charge in [0.25, 0.3) is 0 Å². The van der Waals surface area contributed by atoms with E-state index in [4.69, 9.17) is 0 Å². The molecule has 3 rings (SSSR count). The predicted molar refractivity (Wildman–Crippen MR) is 84.0 cm³/mol. The number of rotatable bonds is 4. The molecule has 23 heavy (non-hydrogen) atoms. The van der Waals surface area contributed by atoms with E-state index in [0.717, 1.165) is 5.56 Å². The van der Waals surface area contributed by atoms with Crippen molar-refractivity contribution in [3.05, 3.63) is 52.8 Å². The van der Waals surface area contributed by atoms with E-state index in [0.29, 0.717) is 17.8 Å². The first kappa shape index (κ1) is 14.6. The summed E-state index contributed by atoms with van der Waals surface area (Å²) in [5.74, 6) is -0.0863. The van der Waals surface area contributed by atoms with Crippen LogP contribution in [0.3, 0.4) is 0 Å². The van der Waals surface area contributed by atoms with Gasteiger partial charge in [0.1, 0.15) is 6.20 Å². The summed E-state index contributed by atoms with van der Waals surface area (Å²) in [4.78, 5) is 26.0. The molecule has 0 saturated heterocycles. The van der Waals surface area contributed by atoms with Crippen LogP contribution in [0, 0.1) is 10.1 Å². The van der Waals surface area contributed by atoms with Crippen molar-refractivity contribution < 1.29 is 9.72 Å². The van der Waals surface area contributed by atoms with Gasteiger partial charge < -0.3 is 5.32 Å². The Morgan fingerprint density at radius 3 is 2.96 bits per heavy atom. The maximum Gasteiger partial charge on any atom is 0.333 e. The van der Waals surface area contributed by atoms with Crippen molar-refractivity contribution in [1.29, 1.82) is 0 Å². The van der Waals surface area contributed by atoms with Gasteiger partial charge in [-0.2, -0.15) is 5.10 Å². The number of nitrogens with one attached hydrogen (secondary N) is 1. The van der Waals surface area contributed by atoms with Gasteiger partial charge in [-0.05, 0) is 18.2 Å². The zero-order valence-electron chi connectivity index (χ0n) is 12.3. The monoisotopic (exact) mass is 311 g/mol. The lowest BCUT2D eigenvalue weighted by molar-refractivity contribution is -0.383. The highest BCUT2D eigenvalue weighted by atomic mass is 16.6. The Kier molecular flexibility index (Phi) is 3.71. The number of nitro groups is 1. The first-order chi connectivity index (χ1) is 11.1. The molecule has 1 N–H and O–H groups in total. The molecule has 0 saturated carbocycles. The van der Waals surface area contributed by atoms with Gasteiger partial charge in [-0.1, -0.05) is 19.1 Å². The Balaban J connectivity index is 2.08. The zero-order valence-corrected chi connectivity index (χ0v) is 12.3. The van der Waals surface area contributed by atoms with Gasteiger partial charge in [-0.15, -0.1) is 0 Å². The summed E-state index contributed by atoms with van der Waals surface area (Å²) < 4.78 is 1.42. The van der Waals surface area contributed by atoms with Crippen LogP contribution in [-0.4, -0.2) is 25.4 Å². The molecule has 116 valence electrons. The Morgan fingerprint density at radius 2 is 2.22 bits per heavy atom. The minimum Gasteiger partial charge on any atom is -0.326 e. The van der Waals surface area contributed by atoms with Gasteiger partial charge in [0.2, 0.25) is 11.6 Å². The number of fused-ring (bicyclic) bond motifs is 1. The molecule has 2 aromatic heterocycles. The third kappa shape index (κ3) is 2.73. The Labute approximate surface area is 130 Å². The van der Waals surface area contributed by atoms with E-state index in [2.05, 4.69) is 15.4 Å². The van der Waals surface area contributed by atoms with Crippen molar-refractivity contribution in [1.82, 2.24) is 14.6 Å². The molecular weight excluding hydrogens is 298 g/mol. The molecule has 0 atom stereocenters. The fourth-order valence-corrected chi connectivity index (χ4v) is 2.23. The number of anilines is 1. The lowest BCUT2D eigenvalue weighted by Gasteiger charge is -2.08. The fraction of sp³-hybridized carbons (Fsp3) is 0.133. The highest BCUT2D eigenvalue weighted by molar-refractivity contribution is 5.91. The fourth-order valence-electron chi connectivity index (χ4n) is 2.23. The Morgan fingerprint density at radius 1 is 1.39 bits per heavy atom. The summed E-state index contributed by atoms with van der Waals surface area (Å²) >= 11 is 0. The number of carbonyl (C=O) groups is 1. The van der Waals surface area contributed by atoms with Crippen LogP contribution in [0.25, 0.3) is 16.9 Å². The molecule has 2 heterocycles. The molecule has 8 heteroatoms. The average Bonchev–Trinajstić information content (AvgIpc) is 2.99. The van der Waals surface area contributed by atoms with E-state index in [1.165, 1.54) is 16.9 Å². The highest BCUT2D eigenvalue weighted by Crippen LogP contribution is 2.26. The number of hydrogen-bond donors (Lipinski definition) is 1. The summed E-state index contributed by atoms with van der Waals surface area (Å²) in [6.45, 7) is 1.77. The van der Waals surface area contributed by atoms with Crippen LogP contribution in [0.1, 0.15) is 13.3 Å². The maximum absolute atomic E-state index is 11.5. The predicted octanol–water partition coefficient (Wildman–Crippen LogP) is 2.65. The number of amides is 1. The van der Waals surface area contributed by atoms with E-state index in [1.54, 1.807) is 31.2 Å².